The van der Waals surface area contributed by atoms with Gasteiger partial charge < -0.3 is 15.4 Å². The van der Waals surface area contributed by atoms with Crippen LogP contribution in [-0.2, 0) is 10.3 Å². The molecule has 11 heteroatoms. The molecule has 3 aromatic rings. The van der Waals surface area contributed by atoms with Gasteiger partial charge in [0.2, 0.25) is 5.95 Å². The Morgan fingerprint density at radius 3 is 2.72 bits per heavy atom. The van der Waals surface area contributed by atoms with Crippen molar-refractivity contribution in [1.82, 2.24) is 20.2 Å². The van der Waals surface area contributed by atoms with Crippen LogP contribution in [0.15, 0.2) is 28.9 Å². The van der Waals surface area contributed by atoms with Gasteiger partial charge in [0.05, 0.1) is 5.39 Å². The average molecular weight is 460 g/mol. The van der Waals surface area contributed by atoms with E-state index in [2.05, 4.69) is 36.1 Å². The highest BCUT2D eigenvalue weighted by atomic mass is 79.9. The Labute approximate surface area is 172 Å². The maximum atomic E-state index is 14.4. The second kappa shape index (κ2) is 7.29. The zero-order chi connectivity index (χ0) is 20.6. The Kier molecular flexibility index (Phi) is 4.79. The number of nitrogens with two attached hydrogens (primary N) is 1. The number of aromatic amines is 1. The fraction of sp³-hybridized carbons (Fsp3) is 0.278. The number of primary amides is 1. The molecule has 9 nitrogen and oxygen atoms in total. The van der Waals surface area contributed by atoms with Crippen molar-refractivity contribution in [3.63, 3.8) is 0 Å². The summed E-state index contributed by atoms with van der Waals surface area (Å²) in [4.78, 5) is 22.1. The molecule has 0 radical (unpaired) electrons. The highest BCUT2D eigenvalue weighted by molar-refractivity contribution is 9.10. The van der Waals surface area contributed by atoms with E-state index in [9.17, 15) is 14.4 Å². The molecular formula is C18H15BrFN7O2. The molecule has 4 rings (SSSR count). The van der Waals surface area contributed by atoms with Crippen molar-refractivity contribution in [2.75, 3.05) is 18.0 Å². The molecule has 1 aromatic carbocycles. The minimum atomic E-state index is -1.18. The monoisotopic (exact) mass is 459 g/mol. The Hall–Kier alpha value is -3.26. The summed E-state index contributed by atoms with van der Waals surface area (Å²) in [6.45, 7) is 0.729. The van der Waals surface area contributed by atoms with Crippen molar-refractivity contribution in [1.29, 1.82) is 5.26 Å². The molecule has 0 bridgehead atoms. The van der Waals surface area contributed by atoms with Crippen molar-refractivity contribution in [2.24, 2.45) is 5.73 Å². The number of rotatable bonds is 3. The van der Waals surface area contributed by atoms with Gasteiger partial charge in [-0.15, -0.1) is 0 Å². The van der Waals surface area contributed by atoms with E-state index in [1.165, 1.54) is 6.07 Å². The summed E-state index contributed by atoms with van der Waals surface area (Å²) in [5.41, 5.74) is 4.92. The molecule has 2 aromatic heterocycles. The molecule has 29 heavy (non-hydrogen) atoms. The third-order valence-corrected chi connectivity index (χ3v) is 5.55. The van der Waals surface area contributed by atoms with Crippen LogP contribution < -0.4 is 10.6 Å². The van der Waals surface area contributed by atoms with Gasteiger partial charge in [0, 0.05) is 31.5 Å². The molecular weight excluding hydrogens is 445 g/mol. The maximum absolute atomic E-state index is 14.4. The van der Waals surface area contributed by atoms with Gasteiger partial charge in [0.1, 0.15) is 22.1 Å². The van der Waals surface area contributed by atoms with Crippen LogP contribution in [0.3, 0.4) is 0 Å². The van der Waals surface area contributed by atoms with E-state index in [0.29, 0.717) is 34.7 Å². The number of amides is 1. The number of piperidine rings is 1. The Bertz CT molecular complexity index is 1130. The summed E-state index contributed by atoms with van der Waals surface area (Å²) in [5.74, 6) is -0.137. The first-order valence-corrected chi connectivity index (χ1v) is 9.53. The quantitative estimate of drug-likeness (QED) is 0.614. The fourth-order valence-electron chi connectivity index (χ4n) is 3.62. The molecule has 0 atom stereocenters. The Balaban J connectivity index is 1.66. The molecule has 0 unspecified atom stereocenters. The number of carbonyl (C=O) groups excluding carboxylic acids is 1. The van der Waals surface area contributed by atoms with E-state index in [0.717, 1.165) is 0 Å². The van der Waals surface area contributed by atoms with Crippen molar-refractivity contribution < 1.29 is 13.9 Å². The molecule has 1 saturated heterocycles. The number of nitriles is 1. The predicted molar refractivity (Wildman–Crippen MR) is 104 cm³/mol. The SMILES string of the molecule is N#Cc1nc(N2CCC(OC(N)=O)(c3ccccc3F)CC2)nc2n[nH]c(Br)c12. The van der Waals surface area contributed by atoms with Crippen LogP contribution in [0.1, 0.15) is 24.1 Å². The number of aromatic nitrogens is 4. The molecule has 148 valence electrons. The third-order valence-electron chi connectivity index (χ3n) is 4.98. The third kappa shape index (κ3) is 3.36. The van der Waals surface area contributed by atoms with Crippen LogP contribution in [0.25, 0.3) is 11.0 Å². The average Bonchev–Trinajstić information content (AvgIpc) is 3.08. The zero-order valence-electron chi connectivity index (χ0n) is 15.0. The number of benzene rings is 1. The van der Waals surface area contributed by atoms with E-state index in [-0.39, 0.29) is 24.1 Å². The van der Waals surface area contributed by atoms with Gasteiger partial charge in [-0.2, -0.15) is 15.3 Å². The second-order valence-electron chi connectivity index (χ2n) is 6.60. The second-order valence-corrected chi connectivity index (χ2v) is 7.40. The highest BCUT2D eigenvalue weighted by Crippen LogP contribution is 2.39. The van der Waals surface area contributed by atoms with Gasteiger partial charge in [-0.25, -0.2) is 14.2 Å². The largest absolute Gasteiger partial charge is 0.438 e. The van der Waals surface area contributed by atoms with Gasteiger partial charge in [-0.3, -0.25) is 5.10 Å². The fourth-order valence-corrected chi connectivity index (χ4v) is 4.07. The van der Waals surface area contributed by atoms with E-state index in [1.807, 2.05) is 11.0 Å². The number of carbonyl (C=O) groups is 1. The number of nitrogens with zero attached hydrogens (tertiary/aromatic N) is 5. The van der Waals surface area contributed by atoms with Crippen molar-refractivity contribution in [3.05, 3.63) is 45.9 Å². The molecule has 3 N–H and O–H groups in total. The minimum absolute atomic E-state index is 0.185. The number of anilines is 1. The van der Waals surface area contributed by atoms with Crippen molar-refractivity contribution in [2.45, 2.75) is 18.4 Å². The summed E-state index contributed by atoms with van der Waals surface area (Å²) in [6.07, 6.45) is -0.401. The lowest BCUT2D eigenvalue weighted by molar-refractivity contribution is -0.00934. The number of halogens is 2. The molecule has 0 saturated carbocycles. The summed E-state index contributed by atoms with van der Waals surface area (Å²) < 4.78 is 20.4. The first-order chi connectivity index (χ1) is 13.9. The minimum Gasteiger partial charge on any atom is -0.438 e. The predicted octanol–water partition coefficient (Wildman–Crippen LogP) is 2.72. The van der Waals surface area contributed by atoms with Crippen LogP contribution in [0.5, 0.6) is 0 Å². The molecule has 3 heterocycles. The van der Waals surface area contributed by atoms with E-state index in [4.69, 9.17) is 10.5 Å². The molecule has 0 spiro atoms. The molecule has 1 fully saturated rings. The number of fused-ring (bicyclic) bond motifs is 1. The first-order valence-electron chi connectivity index (χ1n) is 8.73. The van der Waals surface area contributed by atoms with Crippen LogP contribution >= 0.6 is 15.9 Å². The molecule has 1 aliphatic heterocycles. The maximum Gasteiger partial charge on any atom is 0.405 e. The number of hydrogen-bond donors (Lipinski definition) is 2. The Morgan fingerprint density at radius 2 is 2.07 bits per heavy atom. The van der Waals surface area contributed by atoms with Crippen LogP contribution in [0.4, 0.5) is 15.1 Å². The molecule has 1 aliphatic rings. The van der Waals surface area contributed by atoms with Crippen LogP contribution in [0, 0.1) is 17.1 Å². The number of hydrogen-bond acceptors (Lipinski definition) is 7. The lowest BCUT2D eigenvalue weighted by Gasteiger charge is -2.41. The Morgan fingerprint density at radius 1 is 1.34 bits per heavy atom. The van der Waals surface area contributed by atoms with E-state index < -0.39 is 17.5 Å². The van der Waals surface area contributed by atoms with Gasteiger partial charge in [-0.05, 0) is 22.0 Å². The molecule has 0 aliphatic carbocycles. The van der Waals surface area contributed by atoms with E-state index >= 15 is 0 Å². The van der Waals surface area contributed by atoms with E-state index in [1.54, 1.807) is 18.2 Å². The lowest BCUT2D eigenvalue weighted by Crippen LogP contribution is -2.47. The van der Waals surface area contributed by atoms with Crippen LogP contribution in [-0.4, -0.2) is 39.3 Å². The van der Waals surface area contributed by atoms with Crippen LogP contribution in [0.2, 0.25) is 0 Å². The van der Waals surface area contributed by atoms with Crippen molar-refractivity contribution in [3.8, 4) is 6.07 Å². The topological polar surface area (TPSA) is 134 Å². The zero-order valence-corrected chi connectivity index (χ0v) is 16.6. The van der Waals surface area contributed by atoms with Crippen molar-refractivity contribution >= 4 is 39.0 Å². The van der Waals surface area contributed by atoms with Gasteiger partial charge in [-0.1, -0.05) is 18.2 Å². The number of nitrogens with one attached hydrogen (secondary N) is 1. The first kappa shape index (κ1) is 19.1. The number of H-pyrrole nitrogens is 1. The highest BCUT2D eigenvalue weighted by Gasteiger charge is 2.42. The van der Waals surface area contributed by atoms with Gasteiger partial charge >= 0.3 is 6.09 Å². The summed E-state index contributed by atoms with van der Waals surface area (Å²) in [5, 5.41) is 16.7. The lowest BCUT2D eigenvalue weighted by atomic mass is 9.84. The van der Waals surface area contributed by atoms with Gasteiger partial charge in [0.25, 0.3) is 0 Å². The normalized spacial score (nSPS) is 15.8. The standard InChI is InChI=1S/C18H15BrFN7O2/c19-14-13-12(9-21)23-17(24-15(13)26-25-14)27-7-5-18(6-8-27,29-16(22)28)10-3-1-2-4-11(10)20/h1-4H,5-8H2,(H2,22,28)(H,23,24,25,26). The van der Waals surface area contributed by atoms with Gasteiger partial charge in [0.15, 0.2) is 11.3 Å². The molecule has 1 amide bonds. The summed E-state index contributed by atoms with van der Waals surface area (Å²) in [7, 11) is 0. The smallest absolute Gasteiger partial charge is 0.405 e. The number of ether oxygens (including phenoxy) is 1. The summed E-state index contributed by atoms with van der Waals surface area (Å²) >= 11 is 3.29. The summed E-state index contributed by atoms with van der Waals surface area (Å²) in [6, 6.07) is 8.21.